The number of carbonyl (C=O) groups excluding carboxylic acids is 1. The van der Waals surface area contributed by atoms with E-state index < -0.39 is 12.5 Å². The minimum atomic E-state index is -3.01. The van der Waals surface area contributed by atoms with Crippen LogP contribution in [0.4, 0.5) is 14.5 Å². The summed E-state index contributed by atoms with van der Waals surface area (Å²) >= 11 is 0. The highest BCUT2D eigenvalue weighted by Crippen LogP contribution is 2.33. The number of carbonyl (C=O) groups is 1. The molecule has 5 nitrogen and oxygen atoms in total. The Bertz CT molecular complexity index is 1010. The van der Waals surface area contributed by atoms with Crippen LogP contribution >= 0.6 is 0 Å². The lowest BCUT2D eigenvalue weighted by molar-refractivity contribution is -0.111. The lowest BCUT2D eigenvalue weighted by Crippen LogP contribution is -2.08. The average molecular weight is 411 g/mol. The first-order valence-corrected chi connectivity index (χ1v) is 8.99. The molecule has 0 saturated carbocycles. The van der Waals surface area contributed by atoms with Gasteiger partial charge in [-0.25, -0.2) is 0 Å². The molecule has 0 spiro atoms. The first-order chi connectivity index (χ1) is 14.5. The second-order valence-corrected chi connectivity index (χ2v) is 6.02. The number of benzene rings is 3. The molecule has 3 aromatic carbocycles. The van der Waals surface area contributed by atoms with Crippen LogP contribution in [-0.4, -0.2) is 19.6 Å². The van der Waals surface area contributed by atoms with E-state index in [1.165, 1.54) is 25.3 Å². The second kappa shape index (κ2) is 10.1. The first-order valence-electron chi connectivity index (χ1n) is 8.99. The molecule has 0 unspecified atom stereocenters. The summed E-state index contributed by atoms with van der Waals surface area (Å²) in [5.74, 6) is 0.906. The maximum atomic E-state index is 12.7. The van der Waals surface area contributed by atoms with Gasteiger partial charge in [0.25, 0.3) is 0 Å². The third kappa shape index (κ3) is 5.81. The van der Waals surface area contributed by atoms with Gasteiger partial charge >= 0.3 is 6.61 Å². The highest BCUT2D eigenvalue weighted by Gasteiger charge is 2.14. The number of rotatable bonds is 8. The predicted octanol–water partition coefficient (Wildman–Crippen LogP) is 5.74. The molecule has 30 heavy (non-hydrogen) atoms. The minimum absolute atomic E-state index is 0.138. The number of nitrogens with one attached hydrogen (secondary N) is 1. The standard InChI is InChI=1S/C23H19F2NO4/c1-28-20-9-5-6-16(22(20)30-23(24)25)10-15-21(27)26-17-11-13-19(14-12-17)29-18-7-3-2-4-8-18/h2-15,23H,1H3,(H,26,27)/b15-10+. The van der Waals surface area contributed by atoms with Crippen molar-refractivity contribution < 1.29 is 27.8 Å². The van der Waals surface area contributed by atoms with E-state index in [0.717, 1.165) is 0 Å². The Morgan fingerprint density at radius 3 is 2.30 bits per heavy atom. The number of hydrogen-bond donors (Lipinski definition) is 1. The molecule has 0 saturated heterocycles. The van der Waals surface area contributed by atoms with Crippen molar-refractivity contribution in [3.05, 3.63) is 84.4 Å². The van der Waals surface area contributed by atoms with Crippen LogP contribution in [0.5, 0.6) is 23.0 Å². The predicted molar refractivity (Wildman–Crippen MR) is 110 cm³/mol. The van der Waals surface area contributed by atoms with Crippen molar-refractivity contribution in [2.45, 2.75) is 6.61 Å². The number of halogens is 2. The molecule has 0 aliphatic heterocycles. The monoisotopic (exact) mass is 411 g/mol. The summed E-state index contributed by atoms with van der Waals surface area (Å²) in [5.41, 5.74) is 0.844. The van der Waals surface area contributed by atoms with Gasteiger partial charge in [-0.15, -0.1) is 0 Å². The SMILES string of the molecule is COc1cccc(/C=C/C(=O)Nc2ccc(Oc3ccccc3)cc2)c1OC(F)F. The fourth-order valence-corrected chi connectivity index (χ4v) is 2.62. The molecule has 154 valence electrons. The van der Waals surface area contributed by atoms with Crippen molar-refractivity contribution in [1.82, 2.24) is 0 Å². The van der Waals surface area contributed by atoms with Crippen LogP contribution in [0.1, 0.15) is 5.56 Å². The number of methoxy groups -OCH3 is 1. The molecule has 0 heterocycles. The number of alkyl halides is 2. The Balaban J connectivity index is 1.65. The Kier molecular flexibility index (Phi) is 7.00. The molecule has 3 aromatic rings. The van der Waals surface area contributed by atoms with Crippen molar-refractivity contribution in [2.75, 3.05) is 12.4 Å². The van der Waals surface area contributed by atoms with E-state index >= 15 is 0 Å². The fourth-order valence-electron chi connectivity index (χ4n) is 2.62. The highest BCUT2D eigenvalue weighted by molar-refractivity contribution is 6.02. The smallest absolute Gasteiger partial charge is 0.387 e. The first kappa shape index (κ1) is 20.9. The zero-order chi connectivity index (χ0) is 21.3. The summed E-state index contributed by atoms with van der Waals surface area (Å²) in [6.07, 6.45) is 2.60. The second-order valence-electron chi connectivity index (χ2n) is 6.02. The Morgan fingerprint density at radius 1 is 0.933 bits per heavy atom. The van der Waals surface area contributed by atoms with E-state index in [1.807, 2.05) is 30.3 Å². The van der Waals surface area contributed by atoms with Crippen LogP contribution in [0.3, 0.4) is 0 Å². The van der Waals surface area contributed by atoms with E-state index in [1.54, 1.807) is 36.4 Å². The summed E-state index contributed by atoms with van der Waals surface area (Å²) in [4.78, 5) is 12.2. The highest BCUT2D eigenvalue weighted by atomic mass is 19.3. The molecule has 7 heteroatoms. The van der Waals surface area contributed by atoms with Gasteiger partial charge in [0.15, 0.2) is 11.5 Å². The zero-order valence-electron chi connectivity index (χ0n) is 16.0. The van der Waals surface area contributed by atoms with Gasteiger partial charge in [0.05, 0.1) is 7.11 Å². The molecule has 1 amide bonds. The van der Waals surface area contributed by atoms with E-state index in [9.17, 15) is 13.6 Å². The Morgan fingerprint density at radius 2 is 1.63 bits per heavy atom. The largest absolute Gasteiger partial charge is 0.493 e. The van der Waals surface area contributed by atoms with Gasteiger partial charge in [0.2, 0.25) is 5.91 Å². The molecule has 0 radical (unpaired) electrons. The number of anilines is 1. The Hall–Kier alpha value is -3.87. The van der Waals surface area contributed by atoms with Crippen molar-refractivity contribution in [1.29, 1.82) is 0 Å². The molecule has 0 bridgehead atoms. The molecule has 0 fully saturated rings. The van der Waals surface area contributed by atoms with E-state index in [0.29, 0.717) is 17.2 Å². The topological polar surface area (TPSA) is 56.8 Å². The number of amides is 1. The maximum absolute atomic E-state index is 12.7. The van der Waals surface area contributed by atoms with Crippen molar-refractivity contribution >= 4 is 17.7 Å². The summed E-state index contributed by atoms with van der Waals surface area (Å²) in [6, 6.07) is 20.8. The number of hydrogen-bond acceptors (Lipinski definition) is 4. The van der Waals surface area contributed by atoms with Crippen molar-refractivity contribution in [2.24, 2.45) is 0 Å². The zero-order valence-corrected chi connectivity index (χ0v) is 16.0. The summed E-state index contributed by atoms with van der Waals surface area (Å²) in [7, 11) is 1.35. The van der Waals surface area contributed by atoms with Gasteiger partial charge in [-0.3, -0.25) is 4.79 Å². The van der Waals surface area contributed by atoms with Gasteiger partial charge in [-0.2, -0.15) is 8.78 Å². The van der Waals surface area contributed by atoms with Gasteiger partial charge in [-0.1, -0.05) is 30.3 Å². The lowest BCUT2D eigenvalue weighted by Gasteiger charge is -2.12. The molecule has 3 rings (SSSR count). The third-order valence-corrected chi connectivity index (χ3v) is 3.95. The van der Waals surface area contributed by atoms with Crippen LogP contribution < -0.4 is 19.5 Å². The molecule has 0 aromatic heterocycles. The normalized spacial score (nSPS) is 10.8. The number of para-hydroxylation sites is 2. The summed E-state index contributed by atoms with van der Waals surface area (Å²) in [6.45, 7) is -3.01. The molecule has 0 aliphatic rings. The fraction of sp³-hybridized carbons (Fsp3) is 0.0870. The van der Waals surface area contributed by atoms with Gasteiger partial charge in [0, 0.05) is 17.3 Å². The van der Waals surface area contributed by atoms with Crippen LogP contribution in [0.25, 0.3) is 6.08 Å². The lowest BCUT2D eigenvalue weighted by atomic mass is 10.1. The van der Waals surface area contributed by atoms with E-state index in [2.05, 4.69) is 10.1 Å². The minimum Gasteiger partial charge on any atom is -0.493 e. The van der Waals surface area contributed by atoms with E-state index in [4.69, 9.17) is 9.47 Å². The van der Waals surface area contributed by atoms with Crippen LogP contribution in [-0.2, 0) is 4.79 Å². The van der Waals surface area contributed by atoms with Crippen LogP contribution in [0.2, 0.25) is 0 Å². The van der Waals surface area contributed by atoms with Crippen molar-refractivity contribution in [3.63, 3.8) is 0 Å². The van der Waals surface area contributed by atoms with Crippen molar-refractivity contribution in [3.8, 4) is 23.0 Å². The molecule has 0 aliphatic carbocycles. The maximum Gasteiger partial charge on any atom is 0.387 e. The van der Waals surface area contributed by atoms with Gasteiger partial charge in [0.1, 0.15) is 11.5 Å². The molecule has 1 N–H and O–H groups in total. The van der Waals surface area contributed by atoms with Crippen LogP contribution in [0, 0.1) is 0 Å². The average Bonchev–Trinajstić information content (AvgIpc) is 2.74. The molecule has 0 atom stereocenters. The van der Waals surface area contributed by atoms with Crippen LogP contribution in [0.15, 0.2) is 78.9 Å². The van der Waals surface area contributed by atoms with E-state index in [-0.39, 0.29) is 17.1 Å². The quantitative estimate of drug-likeness (QED) is 0.480. The summed E-state index contributed by atoms with van der Waals surface area (Å²) < 4.78 is 40.6. The summed E-state index contributed by atoms with van der Waals surface area (Å²) in [5, 5.41) is 2.69. The molecular formula is C23H19F2NO4. The molecular weight excluding hydrogens is 392 g/mol. The van der Waals surface area contributed by atoms with Gasteiger partial charge in [-0.05, 0) is 48.5 Å². The Labute approximate surface area is 172 Å². The van der Waals surface area contributed by atoms with Gasteiger partial charge < -0.3 is 19.5 Å². The third-order valence-electron chi connectivity index (χ3n) is 3.95. The number of ether oxygens (including phenoxy) is 3.